The Morgan fingerprint density at radius 2 is 1.29 bits per heavy atom. The molecule has 0 bridgehead atoms. The molecule has 0 fully saturated rings. The number of carbonyl (C=O) groups excluding carboxylic acids is 4. The SMILES string of the molecule is O=C1C2=C(C(=O)c3ccccc31)C1Nc3ccc4c(c3[NH+]=C1C=C2)C(=O)c1ccc(S(=O)(=O)O)c(S(=O)(=O)O)c1C4=O. The summed E-state index contributed by atoms with van der Waals surface area (Å²) in [5.74, 6) is -2.61. The first-order valence-electron chi connectivity index (χ1n) is 12.2. The van der Waals surface area contributed by atoms with Crippen molar-refractivity contribution in [3.05, 3.63) is 105 Å². The first-order chi connectivity index (χ1) is 19.8. The monoisotopic (exact) mass is 603 g/mol. The molecule has 1 heterocycles. The summed E-state index contributed by atoms with van der Waals surface area (Å²) in [4.78, 5) is 54.4. The zero-order valence-electron chi connectivity index (χ0n) is 20.8. The Bertz CT molecular complexity index is 2240. The minimum atomic E-state index is -5.41. The Hall–Kier alpha value is -4.89. The summed E-state index contributed by atoms with van der Waals surface area (Å²) >= 11 is 0. The lowest BCUT2D eigenvalue weighted by atomic mass is 9.76. The van der Waals surface area contributed by atoms with Gasteiger partial charge in [-0.25, -0.2) is 4.99 Å². The van der Waals surface area contributed by atoms with E-state index in [2.05, 4.69) is 10.3 Å². The molecule has 1 atom stereocenters. The van der Waals surface area contributed by atoms with Gasteiger partial charge in [-0.2, -0.15) is 16.8 Å². The van der Waals surface area contributed by atoms with Crippen LogP contribution in [0.5, 0.6) is 0 Å². The highest BCUT2D eigenvalue weighted by molar-refractivity contribution is 7.89. The smallest absolute Gasteiger partial charge is 0.296 e. The van der Waals surface area contributed by atoms with E-state index in [1.165, 1.54) is 18.2 Å². The van der Waals surface area contributed by atoms with E-state index in [0.29, 0.717) is 11.8 Å². The van der Waals surface area contributed by atoms with Crippen LogP contribution in [0.15, 0.2) is 81.6 Å². The summed E-state index contributed by atoms with van der Waals surface area (Å²) in [5.41, 5.74) is -0.102. The average molecular weight is 604 g/mol. The van der Waals surface area contributed by atoms with Crippen LogP contribution in [0.2, 0.25) is 0 Å². The largest absolute Gasteiger partial charge is 0.364 e. The van der Waals surface area contributed by atoms with E-state index in [0.717, 1.165) is 6.07 Å². The van der Waals surface area contributed by atoms with E-state index in [1.807, 2.05) is 0 Å². The van der Waals surface area contributed by atoms with Crippen molar-refractivity contribution in [2.45, 2.75) is 15.8 Å². The predicted octanol–water partition coefficient (Wildman–Crippen LogP) is 0.848. The van der Waals surface area contributed by atoms with Gasteiger partial charge >= 0.3 is 0 Å². The number of ketones is 4. The predicted molar refractivity (Wildman–Crippen MR) is 144 cm³/mol. The Labute approximate surface area is 236 Å². The highest BCUT2D eigenvalue weighted by Gasteiger charge is 2.46. The van der Waals surface area contributed by atoms with Gasteiger partial charge in [0.1, 0.15) is 27.1 Å². The molecule has 3 aromatic rings. The Morgan fingerprint density at radius 3 is 1.95 bits per heavy atom. The van der Waals surface area contributed by atoms with Gasteiger partial charge < -0.3 is 5.32 Å². The summed E-state index contributed by atoms with van der Waals surface area (Å²) in [7, 11) is -10.6. The molecule has 14 heteroatoms. The number of Topliss-reactive ketones (excluding diaryl/α,β-unsaturated/α-hetero) is 2. The van der Waals surface area contributed by atoms with Crippen LogP contribution in [0.1, 0.15) is 52.6 Å². The highest BCUT2D eigenvalue weighted by Crippen LogP contribution is 2.41. The molecule has 0 amide bonds. The van der Waals surface area contributed by atoms with Crippen LogP contribution >= 0.6 is 0 Å². The van der Waals surface area contributed by atoms with Gasteiger partial charge in [0.05, 0.1) is 5.56 Å². The number of carbonyl (C=O) groups is 4. The van der Waals surface area contributed by atoms with Gasteiger partial charge in [-0.05, 0) is 30.3 Å². The third-order valence-corrected chi connectivity index (χ3v) is 9.57. The Morgan fingerprint density at radius 1 is 0.667 bits per heavy atom. The van der Waals surface area contributed by atoms with Gasteiger partial charge in [0.25, 0.3) is 20.2 Å². The van der Waals surface area contributed by atoms with Crippen molar-refractivity contribution in [3.8, 4) is 0 Å². The second-order valence-electron chi connectivity index (χ2n) is 9.86. The molecule has 0 saturated carbocycles. The van der Waals surface area contributed by atoms with Gasteiger partial charge in [0, 0.05) is 39.5 Å². The van der Waals surface area contributed by atoms with Crippen molar-refractivity contribution in [1.82, 2.24) is 0 Å². The molecule has 0 aromatic heterocycles. The first kappa shape index (κ1) is 26.0. The number of fused-ring (bicyclic) bond motifs is 7. The van der Waals surface area contributed by atoms with E-state index >= 15 is 0 Å². The third kappa shape index (κ3) is 3.43. The van der Waals surface area contributed by atoms with Gasteiger partial charge in [-0.1, -0.05) is 24.3 Å². The normalized spacial score (nSPS) is 18.7. The fraction of sp³-hybridized carbons (Fsp3) is 0.0357. The quantitative estimate of drug-likeness (QED) is 0.237. The van der Waals surface area contributed by atoms with Gasteiger partial charge in [0.2, 0.25) is 17.2 Å². The number of benzene rings is 3. The van der Waals surface area contributed by atoms with E-state index < -0.39 is 58.8 Å². The van der Waals surface area contributed by atoms with E-state index in [1.54, 1.807) is 30.3 Å². The van der Waals surface area contributed by atoms with E-state index in [9.17, 15) is 45.1 Å². The molecule has 12 nitrogen and oxygen atoms in total. The van der Waals surface area contributed by atoms with Crippen LogP contribution in [0.4, 0.5) is 11.4 Å². The van der Waals surface area contributed by atoms with E-state index in [-0.39, 0.29) is 56.3 Å². The fourth-order valence-corrected chi connectivity index (χ4v) is 7.83. The van der Waals surface area contributed by atoms with Crippen molar-refractivity contribution in [1.29, 1.82) is 0 Å². The van der Waals surface area contributed by atoms with Crippen LogP contribution in [-0.4, -0.2) is 60.8 Å². The Balaban J connectivity index is 1.39. The highest BCUT2D eigenvalue weighted by atomic mass is 32.2. The molecule has 0 spiro atoms. The molecule has 0 radical (unpaired) electrons. The molecule has 3 aromatic carbocycles. The first-order valence-corrected chi connectivity index (χ1v) is 15.1. The number of rotatable bonds is 2. The molecule has 0 saturated heterocycles. The summed E-state index contributed by atoms with van der Waals surface area (Å²) in [5, 5.41) is 3.16. The average Bonchev–Trinajstić information content (AvgIpc) is 2.95. The minimum Gasteiger partial charge on any atom is -0.364 e. The summed E-state index contributed by atoms with van der Waals surface area (Å²) in [6.07, 6.45) is 3.06. The number of anilines is 1. The maximum absolute atomic E-state index is 13.7. The summed E-state index contributed by atoms with van der Waals surface area (Å²) < 4.78 is 67.5. The molecule has 1 aliphatic heterocycles. The number of hydrogen-bond acceptors (Lipinski definition) is 9. The van der Waals surface area contributed by atoms with Crippen LogP contribution in [0, 0.1) is 0 Å². The van der Waals surface area contributed by atoms with Crippen molar-refractivity contribution in [2.75, 3.05) is 5.32 Å². The third-order valence-electron chi connectivity index (χ3n) is 7.60. The molecule has 7 rings (SSSR count). The number of hydrogen-bond donors (Lipinski definition) is 4. The van der Waals surface area contributed by atoms with Crippen molar-refractivity contribution < 1.29 is 50.1 Å². The zero-order chi connectivity index (χ0) is 29.9. The maximum Gasteiger partial charge on any atom is 0.296 e. The second-order valence-corrected chi connectivity index (χ2v) is 12.6. The summed E-state index contributed by atoms with van der Waals surface area (Å²) in [6, 6.07) is 9.76. The molecule has 42 heavy (non-hydrogen) atoms. The lowest BCUT2D eigenvalue weighted by Gasteiger charge is -2.30. The fourth-order valence-electron chi connectivity index (χ4n) is 5.84. The maximum atomic E-state index is 13.7. The van der Waals surface area contributed by atoms with Crippen LogP contribution in [-0.2, 0) is 20.2 Å². The van der Waals surface area contributed by atoms with Crippen molar-refractivity contribution in [3.63, 3.8) is 0 Å². The van der Waals surface area contributed by atoms with Gasteiger partial charge in [-0.15, -0.1) is 0 Å². The minimum absolute atomic E-state index is 0.124. The zero-order valence-corrected chi connectivity index (χ0v) is 22.5. The van der Waals surface area contributed by atoms with Crippen LogP contribution in [0.25, 0.3) is 0 Å². The lowest BCUT2D eigenvalue weighted by molar-refractivity contribution is -0.355. The van der Waals surface area contributed by atoms with Crippen molar-refractivity contribution >= 4 is 60.5 Å². The molecule has 3 aliphatic carbocycles. The van der Waals surface area contributed by atoms with Crippen LogP contribution in [0.3, 0.4) is 0 Å². The van der Waals surface area contributed by atoms with Crippen LogP contribution < -0.4 is 10.3 Å². The summed E-state index contributed by atoms with van der Waals surface area (Å²) in [6.45, 7) is 0. The second kappa shape index (κ2) is 8.33. The molecular formula is C28H15N2O10S2+. The number of allylic oxidation sites excluding steroid dienone is 2. The molecule has 4 aliphatic rings. The molecular weight excluding hydrogens is 588 g/mol. The molecule has 208 valence electrons. The lowest BCUT2D eigenvalue weighted by Crippen LogP contribution is -2.74. The van der Waals surface area contributed by atoms with Gasteiger partial charge in [0.15, 0.2) is 17.3 Å². The van der Waals surface area contributed by atoms with E-state index in [4.69, 9.17) is 0 Å². The Kier molecular flexibility index (Phi) is 5.16. The topological polar surface area (TPSA) is 203 Å². The molecule has 1 unspecified atom stereocenters. The van der Waals surface area contributed by atoms with Crippen molar-refractivity contribution in [2.24, 2.45) is 0 Å². The standard InChI is InChI=1S/C28H14N2O10S2/c31-24-11-3-1-2-4-12(11)25(32)19-13(24)5-8-16-22(19)29-17-9-6-14-20(23(17)30-16)26(33)15-7-10-18(41(35,36)37)28(42(38,39)40)21(15)27(14)34/h1-10,22,29H,(H,35,36,37)(H,38,39,40)/p+1. The van der Waals surface area contributed by atoms with Gasteiger partial charge in [-0.3, -0.25) is 28.3 Å². The molecule has 4 N–H and O–H groups in total. The number of nitrogens with one attached hydrogen (secondary N) is 2.